The smallest absolute Gasteiger partial charge is 0.227 e. The number of aromatic nitrogens is 2. The van der Waals surface area contributed by atoms with Crippen LogP contribution in [0, 0.1) is 19.3 Å². The van der Waals surface area contributed by atoms with Gasteiger partial charge in [0.05, 0.1) is 17.8 Å². The summed E-state index contributed by atoms with van der Waals surface area (Å²) in [5.74, 6) is 0.220. The van der Waals surface area contributed by atoms with Gasteiger partial charge in [-0.25, -0.2) is 4.68 Å². The second kappa shape index (κ2) is 8.44. The third-order valence-corrected chi connectivity index (χ3v) is 6.60. The Balaban J connectivity index is 0.00000225. The van der Waals surface area contributed by atoms with E-state index in [-0.39, 0.29) is 18.3 Å². The van der Waals surface area contributed by atoms with E-state index in [0.717, 1.165) is 61.7 Å². The summed E-state index contributed by atoms with van der Waals surface area (Å²) < 4.78 is 1.91. The Morgan fingerprint density at radius 2 is 1.86 bits per heavy atom. The van der Waals surface area contributed by atoms with Crippen molar-refractivity contribution in [1.82, 2.24) is 20.0 Å². The van der Waals surface area contributed by atoms with Gasteiger partial charge in [0, 0.05) is 35.9 Å². The topological polar surface area (TPSA) is 50.2 Å². The van der Waals surface area contributed by atoms with E-state index in [9.17, 15) is 4.79 Å². The number of halogens is 2. The number of nitrogens with zero attached hydrogens (tertiary/aromatic N) is 3. The van der Waals surface area contributed by atoms with Crippen LogP contribution in [0.15, 0.2) is 24.3 Å². The van der Waals surface area contributed by atoms with Crippen LogP contribution < -0.4 is 5.32 Å². The van der Waals surface area contributed by atoms with E-state index in [1.54, 1.807) is 0 Å². The number of carbonyl (C=O) groups excluding carboxylic acids is 1. The van der Waals surface area contributed by atoms with Gasteiger partial charge in [-0.05, 0) is 69.3 Å². The Morgan fingerprint density at radius 3 is 2.46 bits per heavy atom. The van der Waals surface area contributed by atoms with Crippen molar-refractivity contribution in [2.45, 2.75) is 39.5 Å². The van der Waals surface area contributed by atoms with Crippen molar-refractivity contribution in [1.29, 1.82) is 0 Å². The van der Waals surface area contributed by atoms with Crippen molar-refractivity contribution >= 4 is 29.9 Å². The van der Waals surface area contributed by atoms with Gasteiger partial charge in [-0.2, -0.15) is 5.10 Å². The number of hydrogen-bond donors (Lipinski definition) is 1. The zero-order valence-electron chi connectivity index (χ0n) is 16.5. The monoisotopic (exact) mass is 422 g/mol. The maximum absolute atomic E-state index is 12.9. The predicted molar refractivity (Wildman–Crippen MR) is 115 cm³/mol. The van der Waals surface area contributed by atoms with E-state index in [2.05, 4.69) is 10.4 Å². The molecule has 2 aromatic rings. The second-order valence-corrected chi connectivity index (χ2v) is 8.46. The first-order chi connectivity index (χ1) is 13.0. The third-order valence-electron chi connectivity index (χ3n) is 6.35. The highest BCUT2D eigenvalue weighted by Gasteiger charge is 2.38. The molecule has 152 valence electrons. The van der Waals surface area contributed by atoms with Gasteiger partial charge in [-0.3, -0.25) is 4.79 Å². The molecule has 0 unspecified atom stereocenters. The summed E-state index contributed by atoms with van der Waals surface area (Å²) in [6, 6.07) is 7.62. The van der Waals surface area contributed by atoms with Crippen molar-refractivity contribution < 1.29 is 4.79 Å². The van der Waals surface area contributed by atoms with Gasteiger partial charge in [-0.15, -0.1) is 12.4 Å². The van der Waals surface area contributed by atoms with Gasteiger partial charge in [0.2, 0.25) is 5.91 Å². The van der Waals surface area contributed by atoms with Crippen molar-refractivity contribution in [2.24, 2.45) is 5.41 Å². The molecule has 0 saturated carbocycles. The van der Waals surface area contributed by atoms with Crippen molar-refractivity contribution in [3.63, 3.8) is 0 Å². The minimum absolute atomic E-state index is 0. The van der Waals surface area contributed by atoms with Gasteiger partial charge >= 0.3 is 0 Å². The standard InChI is InChI=1S/C21H27ClN4O.ClH/c1-15-19(16(2)26(24-15)18-5-3-17(22)4-6-18)13-20(27)25-11-8-21(9-12-25)7-10-23-14-21;/h3-6,23H,7-14H2,1-2H3;1H. The van der Waals surface area contributed by atoms with Gasteiger partial charge in [0.1, 0.15) is 0 Å². The summed E-state index contributed by atoms with van der Waals surface area (Å²) in [6.45, 7) is 8.01. The van der Waals surface area contributed by atoms with Crippen molar-refractivity contribution in [3.8, 4) is 5.69 Å². The fraction of sp³-hybridized carbons (Fsp3) is 0.524. The van der Waals surface area contributed by atoms with Gasteiger partial charge in [-0.1, -0.05) is 11.6 Å². The maximum atomic E-state index is 12.9. The summed E-state index contributed by atoms with van der Waals surface area (Å²) in [6.07, 6.45) is 3.92. The number of aryl methyl sites for hydroxylation is 1. The average Bonchev–Trinajstić information content (AvgIpc) is 3.23. The Morgan fingerprint density at radius 1 is 1.18 bits per heavy atom. The molecule has 0 aliphatic carbocycles. The van der Waals surface area contributed by atoms with Crippen LogP contribution in [0.25, 0.3) is 5.69 Å². The second-order valence-electron chi connectivity index (χ2n) is 8.02. The molecule has 1 aromatic heterocycles. The number of likely N-dealkylation sites (tertiary alicyclic amines) is 1. The lowest BCUT2D eigenvalue weighted by molar-refractivity contribution is -0.132. The molecule has 1 amide bonds. The third kappa shape index (κ3) is 4.07. The molecule has 5 nitrogen and oxygen atoms in total. The minimum Gasteiger partial charge on any atom is -0.342 e. The highest BCUT2D eigenvalue weighted by molar-refractivity contribution is 6.30. The first-order valence-corrected chi connectivity index (χ1v) is 10.1. The fourth-order valence-corrected chi connectivity index (χ4v) is 4.61. The first kappa shape index (κ1) is 21.2. The number of nitrogens with one attached hydrogen (secondary N) is 1. The molecule has 0 radical (unpaired) electrons. The lowest BCUT2D eigenvalue weighted by Gasteiger charge is -2.39. The number of carbonyl (C=O) groups is 1. The molecule has 0 bridgehead atoms. The molecule has 2 fully saturated rings. The highest BCUT2D eigenvalue weighted by Crippen LogP contribution is 2.37. The van der Waals surface area contributed by atoms with Crippen LogP contribution in [0.2, 0.25) is 5.02 Å². The highest BCUT2D eigenvalue weighted by atomic mass is 35.5. The minimum atomic E-state index is 0. The van der Waals surface area contributed by atoms with E-state index < -0.39 is 0 Å². The van der Waals surface area contributed by atoms with Crippen LogP contribution in [0.5, 0.6) is 0 Å². The van der Waals surface area contributed by atoms with E-state index in [4.69, 9.17) is 11.6 Å². The molecule has 7 heteroatoms. The predicted octanol–water partition coefficient (Wildman–Crippen LogP) is 3.71. The summed E-state index contributed by atoms with van der Waals surface area (Å²) in [5.41, 5.74) is 4.38. The average molecular weight is 423 g/mol. The van der Waals surface area contributed by atoms with E-state index >= 15 is 0 Å². The number of hydrogen-bond acceptors (Lipinski definition) is 3. The van der Waals surface area contributed by atoms with Crippen LogP contribution >= 0.6 is 24.0 Å². The summed E-state index contributed by atoms with van der Waals surface area (Å²) >= 11 is 5.99. The Kier molecular flexibility index (Phi) is 6.37. The van der Waals surface area contributed by atoms with Crippen LogP contribution in [0.3, 0.4) is 0 Å². The Labute approximate surface area is 177 Å². The van der Waals surface area contributed by atoms with Crippen molar-refractivity contribution in [2.75, 3.05) is 26.2 Å². The Hall–Kier alpha value is -1.56. The molecule has 2 aliphatic heterocycles. The summed E-state index contributed by atoms with van der Waals surface area (Å²) in [7, 11) is 0. The number of rotatable bonds is 3. The van der Waals surface area contributed by atoms with E-state index in [1.807, 2.05) is 47.7 Å². The zero-order chi connectivity index (χ0) is 19.0. The van der Waals surface area contributed by atoms with E-state index in [1.165, 1.54) is 6.42 Å². The Bertz CT molecular complexity index is 831. The first-order valence-electron chi connectivity index (χ1n) is 9.77. The fourth-order valence-electron chi connectivity index (χ4n) is 4.48. The molecule has 4 rings (SSSR count). The van der Waals surface area contributed by atoms with Crippen LogP contribution in [-0.2, 0) is 11.2 Å². The van der Waals surface area contributed by atoms with Gasteiger partial charge in [0.15, 0.2) is 0 Å². The summed E-state index contributed by atoms with van der Waals surface area (Å²) in [4.78, 5) is 15.0. The molecule has 1 N–H and O–H groups in total. The lowest BCUT2D eigenvalue weighted by atomic mass is 9.78. The molecule has 0 atom stereocenters. The van der Waals surface area contributed by atoms with Crippen LogP contribution in [0.4, 0.5) is 0 Å². The number of amides is 1. The quantitative estimate of drug-likeness (QED) is 0.819. The summed E-state index contributed by atoms with van der Waals surface area (Å²) in [5, 5.41) is 8.85. The van der Waals surface area contributed by atoms with Crippen LogP contribution in [0.1, 0.15) is 36.2 Å². The molecule has 2 saturated heterocycles. The molecule has 28 heavy (non-hydrogen) atoms. The molecule has 1 spiro atoms. The maximum Gasteiger partial charge on any atom is 0.227 e. The van der Waals surface area contributed by atoms with Gasteiger partial charge < -0.3 is 10.2 Å². The lowest BCUT2D eigenvalue weighted by Crippen LogP contribution is -2.44. The van der Waals surface area contributed by atoms with Crippen molar-refractivity contribution in [3.05, 3.63) is 46.2 Å². The zero-order valence-corrected chi connectivity index (χ0v) is 18.1. The molecular formula is C21H28Cl2N4O. The normalized spacial score (nSPS) is 18.3. The molecule has 1 aromatic carbocycles. The SMILES string of the molecule is Cc1nn(-c2ccc(Cl)cc2)c(C)c1CC(=O)N1CCC2(CCNC2)CC1.Cl. The number of piperidine rings is 1. The largest absolute Gasteiger partial charge is 0.342 e. The van der Waals surface area contributed by atoms with Crippen LogP contribution in [-0.4, -0.2) is 46.8 Å². The van der Waals surface area contributed by atoms with E-state index in [0.29, 0.717) is 16.9 Å². The van der Waals surface area contributed by atoms with Gasteiger partial charge in [0.25, 0.3) is 0 Å². The molecular weight excluding hydrogens is 395 g/mol. The number of benzene rings is 1. The molecule has 2 aliphatic rings. The molecule has 3 heterocycles.